The minimum absolute atomic E-state index is 0.0494. The highest BCUT2D eigenvalue weighted by molar-refractivity contribution is 5.92. The molecular weight excluding hydrogens is 290 g/mol. The monoisotopic (exact) mass is 317 g/mol. The second-order valence-electron chi connectivity index (χ2n) is 6.08. The summed E-state index contributed by atoms with van der Waals surface area (Å²) in [6.07, 6.45) is 7.93. The smallest absolute Gasteiger partial charge is 0.244 e. The minimum Gasteiger partial charge on any atom is -0.493 e. The van der Waals surface area contributed by atoms with Gasteiger partial charge in [-0.15, -0.1) is 0 Å². The van der Waals surface area contributed by atoms with Crippen LogP contribution in [0.5, 0.6) is 11.5 Å². The van der Waals surface area contributed by atoms with Crippen LogP contribution in [0.3, 0.4) is 0 Å². The van der Waals surface area contributed by atoms with E-state index in [1.54, 1.807) is 19.3 Å². The zero-order valence-corrected chi connectivity index (χ0v) is 14.3. The molecule has 126 valence electrons. The van der Waals surface area contributed by atoms with Gasteiger partial charge in [0.05, 0.1) is 13.7 Å². The first kappa shape index (κ1) is 17.4. The molecule has 0 radical (unpaired) electrons. The van der Waals surface area contributed by atoms with Crippen LogP contribution in [-0.2, 0) is 4.79 Å². The predicted molar refractivity (Wildman–Crippen MR) is 92.8 cm³/mol. The summed E-state index contributed by atoms with van der Waals surface area (Å²) >= 11 is 0. The van der Waals surface area contributed by atoms with E-state index >= 15 is 0 Å². The first-order valence-electron chi connectivity index (χ1n) is 8.43. The Bertz CT molecular complexity index is 550. The van der Waals surface area contributed by atoms with Gasteiger partial charge < -0.3 is 14.8 Å². The van der Waals surface area contributed by atoms with Gasteiger partial charge in [-0.05, 0) is 55.9 Å². The van der Waals surface area contributed by atoms with Crippen LogP contribution in [0, 0.1) is 5.92 Å². The molecule has 1 N–H and O–H groups in total. The van der Waals surface area contributed by atoms with E-state index in [0.717, 1.165) is 24.2 Å². The van der Waals surface area contributed by atoms with Crippen molar-refractivity contribution in [3.8, 4) is 11.5 Å². The van der Waals surface area contributed by atoms with Crippen LogP contribution < -0.4 is 14.8 Å². The van der Waals surface area contributed by atoms with E-state index in [2.05, 4.69) is 19.2 Å². The molecule has 0 aliphatic heterocycles. The highest BCUT2D eigenvalue weighted by atomic mass is 16.5. The molecule has 1 aromatic rings. The zero-order chi connectivity index (χ0) is 16.7. The second kappa shape index (κ2) is 8.61. The average molecular weight is 317 g/mol. The molecule has 1 unspecified atom stereocenters. The van der Waals surface area contributed by atoms with Crippen LogP contribution in [0.25, 0.3) is 6.08 Å². The van der Waals surface area contributed by atoms with Crippen molar-refractivity contribution < 1.29 is 14.3 Å². The predicted octanol–water partition coefficient (Wildman–Crippen LogP) is 3.80. The zero-order valence-electron chi connectivity index (χ0n) is 14.3. The third-order valence-corrected chi connectivity index (χ3v) is 4.07. The summed E-state index contributed by atoms with van der Waals surface area (Å²) in [5.41, 5.74) is 0.916. The number of amides is 1. The number of carbonyl (C=O) groups excluding carboxylic acids is 1. The van der Waals surface area contributed by atoms with Gasteiger partial charge in [-0.1, -0.05) is 19.4 Å². The number of benzene rings is 1. The van der Waals surface area contributed by atoms with Crippen LogP contribution in [0.4, 0.5) is 0 Å². The molecule has 4 heteroatoms. The Morgan fingerprint density at radius 2 is 2.17 bits per heavy atom. The number of hydrogen-bond acceptors (Lipinski definition) is 3. The Labute approximate surface area is 138 Å². The number of rotatable bonds is 9. The molecule has 1 aliphatic rings. The summed E-state index contributed by atoms with van der Waals surface area (Å²) in [5, 5.41) is 3.00. The van der Waals surface area contributed by atoms with E-state index in [-0.39, 0.29) is 11.9 Å². The van der Waals surface area contributed by atoms with E-state index < -0.39 is 0 Å². The minimum atomic E-state index is -0.0494. The van der Waals surface area contributed by atoms with Crippen LogP contribution >= 0.6 is 0 Å². The van der Waals surface area contributed by atoms with Gasteiger partial charge in [0.25, 0.3) is 0 Å². The molecule has 0 bridgehead atoms. The molecule has 0 spiro atoms. The lowest BCUT2D eigenvalue weighted by atomic mass is 10.1. The fourth-order valence-corrected chi connectivity index (χ4v) is 2.39. The Balaban J connectivity index is 1.93. The molecule has 1 fully saturated rings. The van der Waals surface area contributed by atoms with Gasteiger partial charge in [0.1, 0.15) is 0 Å². The maximum atomic E-state index is 11.9. The van der Waals surface area contributed by atoms with Crippen molar-refractivity contribution in [2.75, 3.05) is 13.7 Å². The van der Waals surface area contributed by atoms with E-state index in [1.807, 2.05) is 18.2 Å². The molecular formula is C19H27NO3. The summed E-state index contributed by atoms with van der Waals surface area (Å²) in [6.45, 7) is 4.88. The van der Waals surface area contributed by atoms with Gasteiger partial charge >= 0.3 is 0 Å². The van der Waals surface area contributed by atoms with Crippen molar-refractivity contribution in [2.24, 2.45) is 5.92 Å². The van der Waals surface area contributed by atoms with Crippen molar-refractivity contribution in [3.63, 3.8) is 0 Å². The van der Waals surface area contributed by atoms with Gasteiger partial charge in [-0.25, -0.2) is 0 Å². The summed E-state index contributed by atoms with van der Waals surface area (Å²) < 4.78 is 11.1. The molecule has 0 saturated heterocycles. The third-order valence-electron chi connectivity index (χ3n) is 4.07. The van der Waals surface area contributed by atoms with Gasteiger partial charge in [0, 0.05) is 12.1 Å². The Morgan fingerprint density at radius 3 is 2.83 bits per heavy atom. The Morgan fingerprint density at radius 1 is 1.39 bits per heavy atom. The van der Waals surface area contributed by atoms with Gasteiger partial charge in [0.15, 0.2) is 11.5 Å². The molecule has 1 aliphatic carbocycles. The number of unbranched alkanes of at least 4 members (excludes halogenated alkanes) is 1. The molecule has 1 amide bonds. The van der Waals surface area contributed by atoms with Gasteiger partial charge in [-0.2, -0.15) is 0 Å². The van der Waals surface area contributed by atoms with Crippen molar-refractivity contribution in [2.45, 2.75) is 45.6 Å². The van der Waals surface area contributed by atoms with Gasteiger partial charge in [-0.3, -0.25) is 4.79 Å². The van der Waals surface area contributed by atoms with Crippen molar-refractivity contribution in [1.29, 1.82) is 0 Å². The largest absolute Gasteiger partial charge is 0.493 e. The van der Waals surface area contributed by atoms with Crippen molar-refractivity contribution in [1.82, 2.24) is 5.32 Å². The van der Waals surface area contributed by atoms with Crippen molar-refractivity contribution in [3.05, 3.63) is 29.8 Å². The normalized spacial score (nSPS) is 15.4. The number of carbonyl (C=O) groups is 1. The molecule has 0 heterocycles. The molecule has 2 rings (SSSR count). The third kappa shape index (κ3) is 5.62. The first-order chi connectivity index (χ1) is 11.1. The first-order valence-corrected chi connectivity index (χ1v) is 8.43. The lowest BCUT2D eigenvalue weighted by molar-refractivity contribution is -0.117. The molecule has 1 atom stereocenters. The Kier molecular flexibility index (Phi) is 6.51. The highest BCUT2D eigenvalue weighted by Gasteiger charge is 2.28. The van der Waals surface area contributed by atoms with Gasteiger partial charge in [0.2, 0.25) is 5.91 Å². The number of methoxy groups -OCH3 is 1. The van der Waals surface area contributed by atoms with E-state index in [4.69, 9.17) is 9.47 Å². The molecule has 23 heavy (non-hydrogen) atoms. The fourth-order valence-electron chi connectivity index (χ4n) is 2.39. The lowest BCUT2D eigenvalue weighted by Crippen LogP contribution is -2.32. The van der Waals surface area contributed by atoms with Crippen LogP contribution in [-0.4, -0.2) is 25.7 Å². The molecule has 1 saturated carbocycles. The van der Waals surface area contributed by atoms with Crippen molar-refractivity contribution >= 4 is 12.0 Å². The van der Waals surface area contributed by atoms with Crippen LogP contribution in [0.1, 0.15) is 45.1 Å². The lowest BCUT2D eigenvalue weighted by Gasteiger charge is -2.11. The highest BCUT2D eigenvalue weighted by Crippen LogP contribution is 2.32. The molecule has 4 nitrogen and oxygen atoms in total. The Hall–Kier alpha value is -1.97. The molecule has 1 aromatic carbocycles. The fraction of sp³-hybridized carbons (Fsp3) is 0.526. The topological polar surface area (TPSA) is 47.6 Å². The number of nitrogens with one attached hydrogen (secondary N) is 1. The summed E-state index contributed by atoms with van der Waals surface area (Å²) in [6, 6.07) is 5.96. The maximum Gasteiger partial charge on any atom is 0.244 e. The summed E-state index contributed by atoms with van der Waals surface area (Å²) in [7, 11) is 1.62. The standard InChI is InChI=1S/C19H27NO3/c1-4-5-12-23-17-10-6-15(13-18(17)22-3)7-11-19(21)20-14(2)16-8-9-16/h6-7,10-11,13-14,16H,4-5,8-9,12H2,1-3H3,(H,20,21)/b11-7+. The quantitative estimate of drug-likeness (QED) is 0.556. The molecule has 0 aromatic heterocycles. The average Bonchev–Trinajstić information content (AvgIpc) is 3.38. The number of hydrogen-bond donors (Lipinski definition) is 1. The number of ether oxygens (including phenoxy) is 2. The van der Waals surface area contributed by atoms with E-state index in [9.17, 15) is 4.79 Å². The van der Waals surface area contributed by atoms with E-state index in [1.165, 1.54) is 12.8 Å². The SMILES string of the molecule is CCCCOc1ccc(/C=C/C(=O)NC(C)C2CC2)cc1OC. The summed E-state index contributed by atoms with van der Waals surface area (Å²) in [5.74, 6) is 2.04. The summed E-state index contributed by atoms with van der Waals surface area (Å²) in [4.78, 5) is 11.9. The van der Waals surface area contributed by atoms with Crippen LogP contribution in [0.2, 0.25) is 0 Å². The second-order valence-corrected chi connectivity index (χ2v) is 6.08. The maximum absolute atomic E-state index is 11.9. The van der Waals surface area contributed by atoms with E-state index in [0.29, 0.717) is 18.3 Å². The van der Waals surface area contributed by atoms with Crippen LogP contribution in [0.15, 0.2) is 24.3 Å².